The standard InChI is InChI=1S/C58H72N12O8/c1-34(2)54(58(74)69-33-42(71)25-49(69)57(73)62-36(4)37-10-12-38(13-11-37)55-35(3)30-61-66(55)5)51-29-53(65-78-51)75-23-22-67-20-17-43(18-21-67)76-44-26-45(27-44)77-52-24-39(16-19-60-52)70-40-14-15-41(70)32-68(31-40)48-28-47(63-64-56(48)59)46-8-6-7-9-50(46)72/h6-13,16,19,24,28-30,34,36,40-45,49,54,71-72H,14-15,17-18,20-23,25-27,31-33H2,1-5H3,(H2,59,64)(H,62,73)/t36-,40?,41?,42+,44?,45?,49-,54+/m0/s1. The smallest absolute Gasteiger partial charge is 0.254 e. The molecule has 1 saturated carbocycles. The van der Waals surface area contributed by atoms with E-state index >= 15 is 0 Å². The molecule has 1 aliphatic carbocycles. The second-order valence-electron chi connectivity index (χ2n) is 22.3. The summed E-state index contributed by atoms with van der Waals surface area (Å²) >= 11 is 0. The number of aliphatic hydroxyl groups is 1. The Balaban J connectivity index is 0.602. The Kier molecular flexibility index (Phi) is 15.3. The van der Waals surface area contributed by atoms with Gasteiger partial charge < -0.3 is 54.7 Å². The lowest BCUT2D eigenvalue weighted by Gasteiger charge is -2.43. The lowest BCUT2D eigenvalue weighted by atomic mass is 9.91. The van der Waals surface area contributed by atoms with Gasteiger partial charge in [-0.15, -0.1) is 10.2 Å². The Labute approximate surface area is 454 Å². The molecular formula is C58H72N12O8. The van der Waals surface area contributed by atoms with E-state index in [1.54, 1.807) is 18.2 Å². The molecule has 2 amide bonds. The molecule has 2 bridgehead atoms. The molecule has 4 aliphatic heterocycles. The number of rotatable bonds is 18. The van der Waals surface area contributed by atoms with Crippen molar-refractivity contribution >= 4 is 29.0 Å². The van der Waals surface area contributed by atoms with Gasteiger partial charge in [-0.3, -0.25) is 19.2 Å². The van der Waals surface area contributed by atoms with Gasteiger partial charge in [-0.25, -0.2) is 4.98 Å². The number of phenolic OH excluding ortho intramolecular Hbond substituents is 1. The van der Waals surface area contributed by atoms with Gasteiger partial charge in [0.1, 0.15) is 30.4 Å². The second kappa shape index (κ2) is 22.6. The normalized spacial score (nSPS) is 23.3. The van der Waals surface area contributed by atoms with Crippen molar-refractivity contribution in [2.75, 3.05) is 61.4 Å². The summed E-state index contributed by atoms with van der Waals surface area (Å²) in [5.41, 5.74) is 13.6. The second-order valence-corrected chi connectivity index (χ2v) is 22.3. The number of β-amino-alcohol motifs (C(OH)–C–C–N with tert-alkyl or cyclic N) is 1. The Hall–Kier alpha value is -7.29. The lowest BCUT2D eigenvalue weighted by molar-refractivity contribution is -0.141. The summed E-state index contributed by atoms with van der Waals surface area (Å²) in [7, 11) is 1.91. The number of likely N-dealkylation sites (tertiary alicyclic amines) is 2. The summed E-state index contributed by atoms with van der Waals surface area (Å²) in [6, 6.07) is 22.3. The zero-order chi connectivity index (χ0) is 54.2. The van der Waals surface area contributed by atoms with Crippen LogP contribution in [0, 0.1) is 12.8 Å². The number of aliphatic hydroxyl groups excluding tert-OH is 1. The van der Waals surface area contributed by atoms with Crippen molar-refractivity contribution in [2.45, 2.75) is 127 Å². The van der Waals surface area contributed by atoms with E-state index in [1.807, 2.05) is 94.3 Å². The van der Waals surface area contributed by atoms with E-state index in [4.69, 9.17) is 24.5 Å². The molecule has 412 valence electrons. The fourth-order valence-corrected chi connectivity index (χ4v) is 12.3. The lowest BCUT2D eigenvalue weighted by Crippen LogP contribution is -2.54. The van der Waals surface area contributed by atoms with Crippen LogP contribution >= 0.6 is 0 Å². The van der Waals surface area contributed by atoms with Gasteiger partial charge in [0.05, 0.1) is 47.6 Å². The predicted octanol–water partition coefficient (Wildman–Crippen LogP) is 6.43. The molecule has 4 aromatic heterocycles. The maximum absolute atomic E-state index is 14.3. The first kappa shape index (κ1) is 52.7. The SMILES string of the molecule is Cc1cnn(C)c1-c1ccc([C@H](C)NC(=O)[C@@H]2C[C@@H](O)CN2C(=O)[C@@H](c2cc(OCCN3CCC(OC4CC(Oc5cc(N6C7CCC6CN(c6cc(-c8ccccc8O)nnc6N)C7)ccn5)C4)CC3)no2)C(C)C)cc1. The van der Waals surface area contributed by atoms with E-state index in [1.165, 1.54) is 4.90 Å². The van der Waals surface area contributed by atoms with Gasteiger partial charge >= 0.3 is 0 Å². The van der Waals surface area contributed by atoms with Crippen molar-refractivity contribution in [2.24, 2.45) is 13.0 Å². The number of amides is 2. The number of aryl methyl sites for hydroxylation is 2. The van der Waals surface area contributed by atoms with Crippen LogP contribution in [0.25, 0.3) is 22.5 Å². The maximum atomic E-state index is 14.3. The number of piperazine rings is 1. The first-order chi connectivity index (χ1) is 37.7. The van der Waals surface area contributed by atoms with E-state index in [0.717, 1.165) is 98.5 Å². The van der Waals surface area contributed by atoms with Gasteiger partial charge in [0, 0.05) is 113 Å². The van der Waals surface area contributed by atoms with Crippen LogP contribution in [0.5, 0.6) is 17.5 Å². The molecule has 5 fully saturated rings. The quantitative estimate of drug-likeness (QED) is 0.0726. The zero-order valence-corrected chi connectivity index (χ0v) is 45.1. The number of pyridine rings is 1. The molecule has 11 rings (SSSR count). The van der Waals surface area contributed by atoms with Crippen LogP contribution in [0.3, 0.4) is 0 Å². The predicted molar refractivity (Wildman–Crippen MR) is 293 cm³/mol. The first-order valence-corrected chi connectivity index (χ1v) is 27.7. The zero-order valence-electron chi connectivity index (χ0n) is 45.1. The number of phenols is 1. The molecular weight excluding hydrogens is 993 g/mol. The summed E-state index contributed by atoms with van der Waals surface area (Å²) in [6.45, 7) is 12.3. The van der Waals surface area contributed by atoms with Gasteiger partial charge in [0.15, 0.2) is 11.6 Å². The van der Waals surface area contributed by atoms with Crippen molar-refractivity contribution in [3.8, 4) is 40.0 Å². The topological polar surface area (TPSA) is 236 Å². The molecule has 6 aromatic rings. The molecule has 20 nitrogen and oxygen atoms in total. The molecule has 5 aliphatic rings. The monoisotopic (exact) mass is 1060 g/mol. The number of carbonyl (C=O) groups excluding carboxylic acids is 2. The summed E-state index contributed by atoms with van der Waals surface area (Å²) < 4.78 is 26.6. The molecule has 6 atom stereocenters. The van der Waals surface area contributed by atoms with E-state index in [-0.39, 0.29) is 72.9 Å². The first-order valence-electron chi connectivity index (χ1n) is 27.7. The van der Waals surface area contributed by atoms with Crippen LogP contribution in [0.2, 0.25) is 0 Å². The number of para-hydroxylation sites is 1. The summed E-state index contributed by atoms with van der Waals surface area (Å²) in [5, 5.41) is 41.4. The number of nitrogen functional groups attached to an aromatic ring is 1. The van der Waals surface area contributed by atoms with Crippen molar-refractivity contribution < 1.29 is 38.5 Å². The molecule has 5 N–H and O–H groups in total. The largest absolute Gasteiger partial charge is 0.507 e. The third-order valence-corrected chi connectivity index (χ3v) is 16.5. The van der Waals surface area contributed by atoms with Crippen molar-refractivity contribution in [3.05, 3.63) is 102 Å². The minimum absolute atomic E-state index is 0.0487. The van der Waals surface area contributed by atoms with Crippen LogP contribution < -0.4 is 30.3 Å². The van der Waals surface area contributed by atoms with E-state index < -0.39 is 18.1 Å². The Morgan fingerprint density at radius 2 is 1.64 bits per heavy atom. The average molecular weight is 1070 g/mol. The van der Waals surface area contributed by atoms with Crippen molar-refractivity contribution in [1.82, 2.24) is 45.2 Å². The van der Waals surface area contributed by atoms with Gasteiger partial charge in [0.2, 0.25) is 17.7 Å². The van der Waals surface area contributed by atoms with Crippen molar-refractivity contribution in [3.63, 3.8) is 0 Å². The van der Waals surface area contributed by atoms with Gasteiger partial charge in [-0.1, -0.05) is 50.2 Å². The number of fused-ring (bicyclic) bond motifs is 2. The fourth-order valence-electron chi connectivity index (χ4n) is 12.3. The maximum Gasteiger partial charge on any atom is 0.254 e. The molecule has 0 spiro atoms. The number of nitrogens with zero attached hydrogens (tertiary/aromatic N) is 10. The number of hydrogen-bond donors (Lipinski definition) is 4. The number of benzene rings is 2. The number of nitrogens with two attached hydrogens (primary N) is 1. The molecule has 0 radical (unpaired) electrons. The minimum Gasteiger partial charge on any atom is -0.507 e. The third-order valence-electron chi connectivity index (χ3n) is 16.5. The minimum atomic E-state index is -0.837. The molecule has 4 saturated heterocycles. The number of ether oxygens (including phenoxy) is 3. The highest BCUT2D eigenvalue weighted by Crippen LogP contribution is 2.41. The number of aromatic nitrogens is 6. The highest BCUT2D eigenvalue weighted by molar-refractivity contribution is 5.91. The van der Waals surface area contributed by atoms with Crippen LogP contribution in [0.15, 0.2) is 89.7 Å². The number of hydrogen-bond acceptors (Lipinski definition) is 17. The van der Waals surface area contributed by atoms with Crippen LogP contribution in [0.4, 0.5) is 17.2 Å². The highest BCUT2D eigenvalue weighted by atomic mass is 16.5. The third kappa shape index (κ3) is 11.2. The molecule has 2 aromatic carbocycles. The number of piperidine rings is 1. The summed E-state index contributed by atoms with van der Waals surface area (Å²) in [5.74, 6) is 0.316. The molecule has 78 heavy (non-hydrogen) atoms. The summed E-state index contributed by atoms with van der Waals surface area (Å²) in [6.07, 6.45) is 9.04. The van der Waals surface area contributed by atoms with E-state index in [9.17, 15) is 19.8 Å². The van der Waals surface area contributed by atoms with Crippen LogP contribution in [-0.2, 0) is 21.4 Å². The van der Waals surface area contributed by atoms with Crippen LogP contribution in [-0.4, -0.2) is 150 Å². The number of aromatic hydroxyl groups is 1. The highest BCUT2D eigenvalue weighted by Gasteiger charge is 2.45. The van der Waals surface area contributed by atoms with Gasteiger partial charge in [-0.05, 0) is 86.0 Å². The summed E-state index contributed by atoms with van der Waals surface area (Å²) in [4.78, 5) is 41.3. The van der Waals surface area contributed by atoms with E-state index in [0.29, 0.717) is 47.7 Å². The number of anilines is 3. The van der Waals surface area contributed by atoms with Crippen LogP contribution in [0.1, 0.15) is 94.6 Å². The van der Waals surface area contributed by atoms with Gasteiger partial charge in [-0.2, -0.15) is 5.10 Å². The fraction of sp³-hybridized carbons (Fsp3) is 0.500. The Morgan fingerprint density at radius 3 is 2.36 bits per heavy atom. The van der Waals surface area contributed by atoms with Gasteiger partial charge in [0.25, 0.3) is 5.88 Å². The Bertz CT molecular complexity index is 3030. The molecule has 2 unspecified atom stereocenters. The molecule has 8 heterocycles. The van der Waals surface area contributed by atoms with E-state index in [2.05, 4.69) is 57.6 Å². The average Bonchev–Trinajstić information content (AvgIpc) is 4.29. The molecule has 20 heteroatoms. The number of carbonyl (C=O) groups is 2. The number of nitrogens with one attached hydrogen (secondary N) is 1. The van der Waals surface area contributed by atoms with Crippen molar-refractivity contribution in [1.29, 1.82) is 0 Å². The Morgan fingerprint density at radius 1 is 0.885 bits per heavy atom.